The average Bonchev–Trinajstić information content (AvgIpc) is 3.43. The maximum Gasteiger partial charge on any atom is 0.299 e. The molecule has 34 heavy (non-hydrogen) atoms. The summed E-state index contributed by atoms with van der Waals surface area (Å²) in [6.45, 7) is 4.45. The topological polar surface area (TPSA) is 8.81 Å². The van der Waals surface area contributed by atoms with E-state index in [1.165, 1.54) is 45.2 Å². The summed E-state index contributed by atoms with van der Waals surface area (Å²) in [5.74, 6) is 1.17. The van der Waals surface area contributed by atoms with Gasteiger partial charge in [-0.05, 0) is 47.9 Å². The van der Waals surface area contributed by atoms with Crippen LogP contribution in [0.2, 0.25) is 0 Å². The van der Waals surface area contributed by atoms with Crippen molar-refractivity contribution in [2.75, 3.05) is 0 Å². The van der Waals surface area contributed by atoms with Crippen LogP contribution in [-0.2, 0) is 5.41 Å². The lowest BCUT2D eigenvalue weighted by molar-refractivity contribution is -0.560. The minimum atomic E-state index is -0.371. The van der Waals surface area contributed by atoms with Crippen molar-refractivity contribution in [2.24, 2.45) is 0 Å². The second-order valence-electron chi connectivity index (χ2n) is 8.97. The minimum absolute atomic E-state index is 0.371. The molecule has 0 amide bonds. The fourth-order valence-corrected chi connectivity index (χ4v) is 5.54. The summed E-state index contributed by atoms with van der Waals surface area (Å²) in [5, 5.41) is 0. The van der Waals surface area contributed by atoms with E-state index >= 15 is 0 Å². The van der Waals surface area contributed by atoms with Gasteiger partial charge in [-0.15, -0.1) is 0 Å². The number of hydrogen-bond donors (Lipinski definition) is 0. The number of benzene rings is 4. The summed E-state index contributed by atoms with van der Waals surface area (Å²) in [6, 6.07) is 41.1. The maximum atomic E-state index is 2.43. The lowest BCUT2D eigenvalue weighted by Gasteiger charge is -2.27. The molecular weight excluding hydrogens is 412 g/mol. The van der Waals surface area contributed by atoms with E-state index in [1.807, 2.05) is 0 Å². The summed E-state index contributed by atoms with van der Waals surface area (Å²) < 4.78 is 4.83. The van der Waals surface area contributed by atoms with Gasteiger partial charge in [0.15, 0.2) is 11.4 Å². The molecule has 0 aliphatic carbocycles. The molecule has 6 rings (SSSR count). The van der Waals surface area contributed by atoms with Crippen LogP contribution in [0.25, 0.3) is 23.3 Å². The third-order valence-corrected chi connectivity index (χ3v) is 7.05. The van der Waals surface area contributed by atoms with Crippen LogP contribution in [0.3, 0.4) is 0 Å². The normalized spacial score (nSPS) is 13.7. The van der Waals surface area contributed by atoms with Crippen molar-refractivity contribution < 1.29 is 4.57 Å². The third-order valence-electron chi connectivity index (χ3n) is 7.05. The minimum Gasteiger partial charge on any atom is -0.197 e. The molecule has 164 valence electrons. The van der Waals surface area contributed by atoms with Crippen LogP contribution in [0, 0.1) is 13.8 Å². The Hall–Kier alpha value is -4.17. The number of rotatable bonds is 4. The van der Waals surface area contributed by atoms with E-state index in [2.05, 4.69) is 151 Å². The lowest BCUT2D eigenvalue weighted by atomic mass is 9.72. The number of para-hydroxylation sites is 1. The van der Waals surface area contributed by atoms with Gasteiger partial charge in [-0.2, -0.15) is 9.13 Å². The SMILES string of the molecule is Cc1ccccc1-n1c(C)c2[n+](c1-c1ccccc1)C=CC2(c1ccccc1)c1ccccc1. The second kappa shape index (κ2) is 8.00. The molecule has 0 radical (unpaired) electrons. The second-order valence-corrected chi connectivity index (χ2v) is 8.97. The smallest absolute Gasteiger partial charge is 0.197 e. The Morgan fingerprint density at radius 2 is 1.15 bits per heavy atom. The molecule has 2 heterocycles. The highest BCUT2D eigenvalue weighted by Gasteiger charge is 2.49. The average molecular weight is 440 g/mol. The summed E-state index contributed by atoms with van der Waals surface area (Å²) in [7, 11) is 0. The Morgan fingerprint density at radius 1 is 0.618 bits per heavy atom. The summed E-state index contributed by atoms with van der Waals surface area (Å²) >= 11 is 0. The van der Waals surface area contributed by atoms with Gasteiger partial charge in [0.1, 0.15) is 11.1 Å². The zero-order valence-electron chi connectivity index (χ0n) is 19.5. The van der Waals surface area contributed by atoms with E-state index in [9.17, 15) is 0 Å². The largest absolute Gasteiger partial charge is 0.299 e. The molecule has 1 aliphatic heterocycles. The van der Waals surface area contributed by atoms with Crippen LogP contribution >= 0.6 is 0 Å². The van der Waals surface area contributed by atoms with Crippen molar-refractivity contribution >= 4 is 6.20 Å². The molecule has 0 saturated carbocycles. The third kappa shape index (κ3) is 2.92. The number of aryl methyl sites for hydroxylation is 1. The molecule has 2 nitrogen and oxygen atoms in total. The monoisotopic (exact) mass is 439 g/mol. The molecule has 0 atom stereocenters. The molecule has 1 aliphatic rings. The molecule has 0 spiro atoms. The zero-order valence-corrected chi connectivity index (χ0v) is 19.5. The summed E-state index contributed by atoms with van der Waals surface area (Å²) in [6.07, 6.45) is 4.63. The number of allylic oxidation sites excluding steroid dienone is 1. The fourth-order valence-electron chi connectivity index (χ4n) is 5.54. The van der Waals surface area contributed by atoms with E-state index in [-0.39, 0.29) is 5.41 Å². The molecule has 4 aromatic carbocycles. The van der Waals surface area contributed by atoms with Gasteiger partial charge in [-0.1, -0.05) is 97.1 Å². The lowest BCUT2D eigenvalue weighted by Crippen LogP contribution is -2.36. The molecule has 0 saturated heterocycles. The van der Waals surface area contributed by atoms with Crippen molar-refractivity contribution in [1.82, 2.24) is 4.57 Å². The quantitative estimate of drug-likeness (QED) is 0.270. The summed E-state index contributed by atoms with van der Waals surface area (Å²) in [4.78, 5) is 0. The van der Waals surface area contributed by atoms with Gasteiger partial charge >= 0.3 is 0 Å². The summed E-state index contributed by atoms with van der Waals surface area (Å²) in [5.41, 5.74) is 8.36. The van der Waals surface area contributed by atoms with Crippen LogP contribution in [0.15, 0.2) is 121 Å². The van der Waals surface area contributed by atoms with E-state index in [4.69, 9.17) is 0 Å². The highest BCUT2D eigenvalue weighted by atomic mass is 15.2. The molecule has 0 fully saturated rings. The molecule has 0 bridgehead atoms. The number of nitrogens with zero attached hydrogens (tertiary/aromatic N) is 2. The van der Waals surface area contributed by atoms with Crippen LogP contribution in [0.4, 0.5) is 0 Å². The predicted octanol–water partition coefficient (Wildman–Crippen LogP) is 6.87. The Bertz CT molecular complexity index is 1450. The Balaban J connectivity index is 1.75. The maximum absolute atomic E-state index is 2.43. The number of fused-ring (bicyclic) bond motifs is 1. The van der Waals surface area contributed by atoms with Gasteiger partial charge in [-0.25, -0.2) is 0 Å². The van der Waals surface area contributed by atoms with Crippen molar-refractivity contribution in [2.45, 2.75) is 19.3 Å². The number of hydrogen-bond acceptors (Lipinski definition) is 0. The first-order chi connectivity index (χ1) is 16.7. The van der Waals surface area contributed by atoms with E-state index < -0.39 is 0 Å². The van der Waals surface area contributed by atoms with E-state index in [1.54, 1.807) is 0 Å². The molecule has 2 heteroatoms. The van der Waals surface area contributed by atoms with Gasteiger partial charge in [0.05, 0.1) is 11.8 Å². The predicted molar refractivity (Wildman–Crippen MR) is 139 cm³/mol. The van der Waals surface area contributed by atoms with Crippen LogP contribution in [0.1, 0.15) is 28.1 Å². The van der Waals surface area contributed by atoms with Crippen LogP contribution in [0.5, 0.6) is 0 Å². The molecule has 0 unspecified atom stereocenters. The highest BCUT2D eigenvalue weighted by molar-refractivity contribution is 5.65. The molecular formula is C32H27N2+. The van der Waals surface area contributed by atoms with Crippen molar-refractivity contribution in [1.29, 1.82) is 0 Å². The van der Waals surface area contributed by atoms with Crippen LogP contribution in [-0.4, -0.2) is 4.57 Å². The van der Waals surface area contributed by atoms with Gasteiger partial charge in [0.2, 0.25) is 0 Å². The molecule has 5 aromatic rings. The van der Waals surface area contributed by atoms with Crippen molar-refractivity contribution in [3.05, 3.63) is 149 Å². The van der Waals surface area contributed by atoms with E-state index in [0.29, 0.717) is 0 Å². The highest BCUT2D eigenvalue weighted by Crippen LogP contribution is 2.45. The van der Waals surface area contributed by atoms with Gasteiger partial charge in [-0.3, -0.25) is 0 Å². The molecule has 1 aromatic heterocycles. The van der Waals surface area contributed by atoms with Gasteiger partial charge < -0.3 is 0 Å². The first kappa shape index (κ1) is 20.4. The fraction of sp³-hybridized carbons (Fsp3) is 0.0938. The zero-order chi connectivity index (χ0) is 23.1. The van der Waals surface area contributed by atoms with Gasteiger partial charge in [0, 0.05) is 6.92 Å². The molecule has 0 N–H and O–H groups in total. The first-order valence-corrected chi connectivity index (χ1v) is 11.8. The Labute approximate surface area is 201 Å². The standard InChI is InChI=1S/C32H27N2/c1-24-14-12-13-21-29(24)34-25(2)30-32(27-17-8-4-9-18-27,28-19-10-5-11-20-28)22-23-33(30)31(34)26-15-6-3-7-16-26/h3-23H,1-2H3/q+1. The van der Waals surface area contributed by atoms with Crippen molar-refractivity contribution in [3.63, 3.8) is 0 Å². The number of imidazole rings is 1. The van der Waals surface area contributed by atoms with Crippen molar-refractivity contribution in [3.8, 4) is 17.1 Å². The van der Waals surface area contributed by atoms with E-state index in [0.717, 1.165) is 0 Å². The Kier molecular flexibility index (Phi) is 4.81. The number of aromatic nitrogens is 2. The Morgan fingerprint density at radius 3 is 1.74 bits per heavy atom. The van der Waals surface area contributed by atoms with Crippen LogP contribution < -0.4 is 4.57 Å². The first-order valence-electron chi connectivity index (χ1n) is 11.8. The van der Waals surface area contributed by atoms with Gasteiger partial charge in [0.25, 0.3) is 5.82 Å².